The number of rotatable bonds is 6. The fourth-order valence-corrected chi connectivity index (χ4v) is 2.94. The third kappa shape index (κ3) is 3.47. The molecule has 0 unspecified atom stereocenters. The second-order valence-electron chi connectivity index (χ2n) is 6.18. The van der Waals surface area contributed by atoms with Crippen LogP contribution in [-0.4, -0.2) is 29.6 Å². The minimum absolute atomic E-state index is 0.0820. The first-order chi connectivity index (χ1) is 10.6. The number of fused-ring (bicyclic) bond motifs is 1. The molecular formula is C17H22N2O3. The maximum atomic E-state index is 12.0. The van der Waals surface area contributed by atoms with E-state index >= 15 is 0 Å². The lowest BCUT2D eigenvalue weighted by Crippen LogP contribution is -2.34. The number of aliphatic hydroxyl groups excluding tert-OH is 1. The van der Waals surface area contributed by atoms with Gasteiger partial charge in [-0.3, -0.25) is 9.59 Å². The molecule has 2 amide bonds. The number of carbonyl (C=O) groups is 2. The van der Waals surface area contributed by atoms with Crippen molar-refractivity contribution in [3.05, 3.63) is 35.4 Å². The van der Waals surface area contributed by atoms with Crippen molar-refractivity contribution in [2.24, 2.45) is 5.92 Å². The molecule has 5 nitrogen and oxygen atoms in total. The number of amides is 2. The van der Waals surface area contributed by atoms with Crippen LogP contribution >= 0.6 is 0 Å². The number of carbonyl (C=O) groups excluding carboxylic acids is 2. The molecule has 22 heavy (non-hydrogen) atoms. The van der Waals surface area contributed by atoms with Gasteiger partial charge in [0.1, 0.15) is 0 Å². The summed E-state index contributed by atoms with van der Waals surface area (Å²) in [7, 11) is 0. The van der Waals surface area contributed by atoms with Crippen LogP contribution in [0.15, 0.2) is 24.3 Å². The zero-order valence-corrected chi connectivity index (χ0v) is 12.5. The molecule has 2 aliphatic carbocycles. The van der Waals surface area contributed by atoms with Crippen molar-refractivity contribution in [2.45, 2.75) is 44.2 Å². The van der Waals surface area contributed by atoms with Crippen LogP contribution in [0.25, 0.3) is 0 Å². The van der Waals surface area contributed by atoms with Gasteiger partial charge in [-0.2, -0.15) is 0 Å². The molecule has 0 heterocycles. The molecular weight excluding hydrogens is 280 g/mol. The summed E-state index contributed by atoms with van der Waals surface area (Å²) in [5, 5.41) is 15.9. The third-order valence-corrected chi connectivity index (χ3v) is 4.35. The van der Waals surface area contributed by atoms with E-state index in [2.05, 4.69) is 10.6 Å². The molecule has 1 aromatic rings. The van der Waals surface area contributed by atoms with Crippen LogP contribution in [-0.2, 0) is 16.0 Å². The maximum Gasteiger partial charge on any atom is 0.223 e. The van der Waals surface area contributed by atoms with E-state index in [-0.39, 0.29) is 23.8 Å². The average molecular weight is 302 g/mol. The van der Waals surface area contributed by atoms with Gasteiger partial charge in [-0.25, -0.2) is 0 Å². The standard InChI is InChI=1S/C17H22N2O3/c20-14-10-12-4-1-2-5-13(12)16(14)19-15(21)6-3-9-18-17(22)11-7-8-11/h1-2,4-5,11,14,16,20H,3,6-10H2,(H,18,22)(H,19,21)/t14-,16-/m0/s1. The zero-order valence-electron chi connectivity index (χ0n) is 12.5. The van der Waals surface area contributed by atoms with Gasteiger partial charge in [0.05, 0.1) is 12.1 Å². The van der Waals surface area contributed by atoms with Crippen LogP contribution in [0.2, 0.25) is 0 Å². The lowest BCUT2D eigenvalue weighted by atomic mass is 10.1. The highest BCUT2D eigenvalue weighted by molar-refractivity contribution is 5.81. The van der Waals surface area contributed by atoms with Gasteiger partial charge in [-0.05, 0) is 30.4 Å². The highest BCUT2D eigenvalue weighted by Crippen LogP contribution is 2.31. The molecule has 0 spiro atoms. The largest absolute Gasteiger partial charge is 0.390 e. The number of aliphatic hydroxyl groups is 1. The Morgan fingerprint density at radius 1 is 1.23 bits per heavy atom. The topological polar surface area (TPSA) is 78.4 Å². The molecule has 5 heteroatoms. The van der Waals surface area contributed by atoms with E-state index in [9.17, 15) is 14.7 Å². The van der Waals surface area contributed by atoms with E-state index in [0.717, 1.165) is 24.0 Å². The fraction of sp³-hybridized carbons (Fsp3) is 0.529. The predicted octanol–water partition coefficient (Wildman–Crippen LogP) is 1.07. The van der Waals surface area contributed by atoms with Crippen molar-refractivity contribution >= 4 is 11.8 Å². The van der Waals surface area contributed by atoms with Crippen LogP contribution < -0.4 is 10.6 Å². The smallest absolute Gasteiger partial charge is 0.223 e. The van der Waals surface area contributed by atoms with E-state index < -0.39 is 6.10 Å². The van der Waals surface area contributed by atoms with Crippen LogP contribution in [0.1, 0.15) is 42.9 Å². The van der Waals surface area contributed by atoms with Crippen molar-refractivity contribution in [3.63, 3.8) is 0 Å². The Kier molecular flexibility index (Phi) is 4.43. The van der Waals surface area contributed by atoms with Gasteiger partial charge in [-0.15, -0.1) is 0 Å². The van der Waals surface area contributed by atoms with E-state index in [1.165, 1.54) is 0 Å². The summed E-state index contributed by atoms with van der Waals surface area (Å²) in [5.41, 5.74) is 2.10. The van der Waals surface area contributed by atoms with Crippen molar-refractivity contribution < 1.29 is 14.7 Å². The van der Waals surface area contributed by atoms with Crippen molar-refractivity contribution in [2.75, 3.05) is 6.54 Å². The normalized spacial score (nSPS) is 23.0. The zero-order chi connectivity index (χ0) is 15.5. The van der Waals surface area contributed by atoms with Gasteiger partial charge in [-0.1, -0.05) is 24.3 Å². The Labute approximate surface area is 130 Å². The summed E-state index contributed by atoms with van der Waals surface area (Å²) in [6, 6.07) is 7.48. The Morgan fingerprint density at radius 3 is 2.77 bits per heavy atom. The number of nitrogens with one attached hydrogen (secondary N) is 2. The van der Waals surface area contributed by atoms with Crippen molar-refractivity contribution in [3.8, 4) is 0 Å². The minimum atomic E-state index is -0.559. The number of benzene rings is 1. The minimum Gasteiger partial charge on any atom is -0.390 e. The molecule has 118 valence electrons. The summed E-state index contributed by atoms with van der Waals surface area (Å²) in [6.45, 7) is 0.534. The van der Waals surface area contributed by atoms with Crippen LogP contribution in [0.3, 0.4) is 0 Å². The highest BCUT2D eigenvalue weighted by atomic mass is 16.3. The lowest BCUT2D eigenvalue weighted by molar-refractivity contribution is -0.124. The second kappa shape index (κ2) is 6.48. The first-order valence-corrected chi connectivity index (χ1v) is 7.98. The van der Waals surface area contributed by atoms with E-state index in [1.54, 1.807) is 0 Å². The van der Waals surface area contributed by atoms with E-state index in [4.69, 9.17) is 0 Å². The summed E-state index contributed by atoms with van der Waals surface area (Å²) < 4.78 is 0. The van der Waals surface area contributed by atoms with Gasteiger partial charge >= 0.3 is 0 Å². The molecule has 2 aliphatic rings. The lowest BCUT2D eigenvalue weighted by Gasteiger charge is -2.18. The summed E-state index contributed by atoms with van der Waals surface area (Å²) in [5.74, 6) is 0.237. The summed E-state index contributed by atoms with van der Waals surface area (Å²) in [4.78, 5) is 23.5. The van der Waals surface area contributed by atoms with E-state index in [1.807, 2.05) is 24.3 Å². The fourth-order valence-electron chi connectivity index (χ4n) is 2.94. The molecule has 0 radical (unpaired) electrons. The molecule has 3 N–H and O–H groups in total. The molecule has 2 atom stereocenters. The van der Waals surface area contributed by atoms with Crippen LogP contribution in [0, 0.1) is 5.92 Å². The van der Waals surface area contributed by atoms with Gasteiger partial charge in [0.25, 0.3) is 0 Å². The highest BCUT2D eigenvalue weighted by Gasteiger charge is 2.32. The third-order valence-electron chi connectivity index (χ3n) is 4.35. The van der Waals surface area contributed by atoms with Crippen molar-refractivity contribution in [1.82, 2.24) is 10.6 Å². The summed E-state index contributed by atoms with van der Waals surface area (Å²) >= 11 is 0. The number of hydrogen-bond acceptors (Lipinski definition) is 3. The molecule has 3 rings (SSSR count). The van der Waals surface area contributed by atoms with Gasteiger partial charge in [0, 0.05) is 25.3 Å². The quantitative estimate of drug-likeness (QED) is 0.688. The van der Waals surface area contributed by atoms with Crippen LogP contribution in [0.5, 0.6) is 0 Å². The first kappa shape index (κ1) is 15.0. The van der Waals surface area contributed by atoms with Crippen LogP contribution in [0.4, 0.5) is 0 Å². The molecule has 1 aromatic carbocycles. The Hall–Kier alpha value is -1.88. The predicted molar refractivity (Wildman–Crippen MR) is 82.0 cm³/mol. The molecule has 0 saturated heterocycles. The Morgan fingerprint density at radius 2 is 2.00 bits per heavy atom. The second-order valence-corrected chi connectivity index (χ2v) is 6.18. The SMILES string of the molecule is O=C(CCCNC(=O)C1CC1)N[C@H]1c2ccccc2C[C@@H]1O. The summed E-state index contributed by atoms with van der Waals surface area (Å²) in [6.07, 6.45) is 2.98. The Balaban J connectivity index is 1.42. The molecule has 1 fully saturated rings. The van der Waals surface area contributed by atoms with Gasteiger partial charge in [0.2, 0.25) is 11.8 Å². The molecule has 0 aliphatic heterocycles. The van der Waals surface area contributed by atoms with Crippen molar-refractivity contribution in [1.29, 1.82) is 0 Å². The first-order valence-electron chi connectivity index (χ1n) is 7.98. The van der Waals surface area contributed by atoms with E-state index in [0.29, 0.717) is 25.8 Å². The monoisotopic (exact) mass is 302 g/mol. The molecule has 0 aromatic heterocycles. The molecule has 0 bridgehead atoms. The average Bonchev–Trinajstić information content (AvgIpc) is 3.30. The van der Waals surface area contributed by atoms with Gasteiger partial charge in [0.15, 0.2) is 0 Å². The molecule has 1 saturated carbocycles. The maximum absolute atomic E-state index is 12.0. The van der Waals surface area contributed by atoms with Gasteiger partial charge < -0.3 is 15.7 Å². The number of hydrogen-bond donors (Lipinski definition) is 3. The Bertz CT molecular complexity index is 569.